The highest BCUT2D eigenvalue weighted by Gasteiger charge is 2.25. The summed E-state index contributed by atoms with van der Waals surface area (Å²) in [6.45, 7) is 6.02. The third-order valence-corrected chi connectivity index (χ3v) is 3.59. The first-order valence-electron chi connectivity index (χ1n) is 3.85. The van der Waals surface area contributed by atoms with Crippen molar-refractivity contribution in [2.75, 3.05) is 0 Å². The van der Waals surface area contributed by atoms with Crippen LogP contribution in [0, 0.1) is 0 Å². The Hall–Kier alpha value is -0.350. The first-order chi connectivity index (χ1) is 5.84. The van der Waals surface area contributed by atoms with Gasteiger partial charge in [-0.1, -0.05) is 20.8 Å². The molecule has 0 atom stereocenters. The highest BCUT2D eigenvalue weighted by molar-refractivity contribution is 9.10. The van der Waals surface area contributed by atoms with E-state index in [1.165, 1.54) is 11.3 Å². The number of aromatic carboxylic acids is 1. The summed E-state index contributed by atoms with van der Waals surface area (Å²) >= 11 is 4.63. The highest BCUT2D eigenvalue weighted by atomic mass is 79.9. The topological polar surface area (TPSA) is 37.3 Å². The van der Waals surface area contributed by atoms with Crippen molar-refractivity contribution >= 4 is 33.2 Å². The summed E-state index contributed by atoms with van der Waals surface area (Å²) in [7, 11) is 0. The van der Waals surface area contributed by atoms with Gasteiger partial charge in [0.1, 0.15) is 4.88 Å². The molecule has 4 heteroatoms. The lowest BCUT2D eigenvalue weighted by molar-refractivity contribution is 0.0699. The molecule has 0 saturated carbocycles. The molecule has 0 bridgehead atoms. The second kappa shape index (κ2) is 3.42. The van der Waals surface area contributed by atoms with E-state index in [0.29, 0.717) is 4.88 Å². The van der Waals surface area contributed by atoms with Crippen LogP contribution in [-0.4, -0.2) is 11.1 Å². The molecular weight excluding hydrogens is 252 g/mol. The molecule has 0 radical (unpaired) electrons. The lowest BCUT2D eigenvalue weighted by Crippen LogP contribution is -2.15. The minimum atomic E-state index is -0.847. The summed E-state index contributed by atoms with van der Waals surface area (Å²) in [4.78, 5) is 11.3. The smallest absolute Gasteiger partial charge is 0.346 e. The molecule has 0 amide bonds. The summed E-state index contributed by atoms with van der Waals surface area (Å²) in [6, 6.07) is 0. The van der Waals surface area contributed by atoms with E-state index in [2.05, 4.69) is 15.9 Å². The van der Waals surface area contributed by atoms with Crippen LogP contribution in [0.2, 0.25) is 0 Å². The molecule has 72 valence electrons. The van der Waals surface area contributed by atoms with E-state index >= 15 is 0 Å². The van der Waals surface area contributed by atoms with E-state index < -0.39 is 5.97 Å². The molecule has 0 aliphatic rings. The minimum Gasteiger partial charge on any atom is -0.477 e. The number of rotatable bonds is 1. The van der Waals surface area contributed by atoms with Gasteiger partial charge in [0.05, 0.1) is 0 Å². The van der Waals surface area contributed by atoms with Gasteiger partial charge in [0.2, 0.25) is 0 Å². The van der Waals surface area contributed by atoms with Gasteiger partial charge in [-0.15, -0.1) is 11.3 Å². The third-order valence-electron chi connectivity index (χ3n) is 1.69. The van der Waals surface area contributed by atoms with Gasteiger partial charge in [0, 0.05) is 9.85 Å². The van der Waals surface area contributed by atoms with Gasteiger partial charge in [0.25, 0.3) is 0 Å². The van der Waals surface area contributed by atoms with Crippen molar-refractivity contribution in [2.24, 2.45) is 0 Å². The molecule has 0 aliphatic heterocycles. The van der Waals surface area contributed by atoms with Crippen LogP contribution in [0.25, 0.3) is 0 Å². The number of halogens is 1. The third kappa shape index (κ3) is 2.11. The van der Waals surface area contributed by atoms with Crippen molar-refractivity contribution in [1.29, 1.82) is 0 Å². The minimum absolute atomic E-state index is 0.132. The van der Waals surface area contributed by atoms with Crippen LogP contribution in [0.1, 0.15) is 36.0 Å². The Morgan fingerprint density at radius 3 is 2.38 bits per heavy atom. The van der Waals surface area contributed by atoms with Gasteiger partial charge < -0.3 is 5.11 Å². The standard InChI is InChI=1S/C9H11BrO2S/c1-9(2,3)6-5(10)4-13-7(6)8(11)12/h4H,1-3H3,(H,11,12). The normalized spacial score (nSPS) is 11.7. The van der Waals surface area contributed by atoms with Crippen LogP contribution in [0.3, 0.4) is 0 Å². The average molecular weight is 263 g/mol. The fourth-order valence-electron chi connectivity index (χ4n) is 1.19. The van der Waals surface area contributed by atoms with Gasteiger partial charge in [-0.25, -0.2) is 4.79 Å². The summed E-state index contributed by atoms with van der Waals surface area (Å²) in [5.74, 6) is -0.847. The monoisotopic (exact) mass is 262 g/mol. The summed E-state index contributed by atoms with van der Waals surface area (Å²) in [5, 5.41) is 10.8. The maximum Gasteiger partial charge on any atom is 0.346 e. The largest absolute Gasteiger partial charge is 0.477 e. The predicted octanol–water partition coefficient (Wildman–Crippen LogP) is 3.51. The number of hydrogen-bond donors (Lipinski definition) is 1. The molecule has 0 saturated heterocycles. The number of hydrogen-bond acceptors (Lipinski definition) is 2. The number of thiophene rings is 1. The quantitative estimate of drug-likeness (QED) is 0.841. The highest BCUT2D eigenvalue weighted by Crippen LogP contribution is 2.36. The van der Waals surface area contributed by atoms with Gasteiger partial charge in [-0.2, -0.15) is 0 Å². The molecule has 2 nitrogen and oxygen atoms in total. The Morgan fingerprint density at radius 2 is 2.08 bits per heavy atom. The van der Waals surface area contributed by atoms with Crippen molar-refractivity contribution in [3.63, 3.8) is 0 Å². The Kier molecular flexibility index (Phi) is 2.82. The Bertz CT molecular complexity index is 336. The van der Waals surface area contributed by atoms with E-state index in [-0.39, 0.29) is 5.41 Å². The lowest BCUT2D eigenvalue weighted by atomic mass is 9.87. The number of carboxylic acid groups (broad SMARTS) is 1. The molecule has 0 aromatic carbocycles. The van der Waals surface area contributed by atoms with Crippen LogP contribution < -0.4 is 0 Å². The second-order valence-corrected chi connectivity index (χ2v) is 5.58. The van der Waals surface area contributed by atoms with E-state index in [1.807, 2.05) is 26.2 Å². The van der Waals surface area contributed by atoms with Crippen molar-refractivity contribution in [1.82, 2.24) is 0 Å². The van der Waals surface area contributed by atoms with Gasteiger partial charge >= 0.3 is 5.97 Å². The van der Waals surface area contributed by atoms with E-state index in [9.17, 15) is 4.79 Å². The molecule has 1 aromatic rings. The second-order valence-electron chi connectivity index (χ2n) is 3.84. The lowest BCUT2D eigenvalue weighted by Gasteiger charge is -2.19. The molecule has 1 heterocycles. The van der Waals surface area contributed by atoms with Crippen LogP contribution >= 0.6 is 27.3 Å². The molecule has 0 spiro atoms. The van der Waals surface area contributed by atoms with Crippen LogP contribution in [0.4, 0.5) is 0 Å². The number of carbonyl (C=O) groups is 1. The van der Waals surface area contributed by atoms with Crippen molar-refractivity contribution in [3.05, 3.63) is 20.3 Å². The van der Waals surface area contributed by atoms with Crippen molar-refractivity contribution in [2.45, 2.75) is 26.2 Å². The maximum atomic E-state index is 10.9. The molecule has 1 aromatic heterocycles. The number of carboxylic acids is 1. The summed E-state index contributed by atoms with van der Waals surface area (Å²) < 4.78 is 0.891. The fraction of sp³-hybridized carbons (Fsp3) is 0.444. The molecule has 1 rings (SSSR count). The van der Waals surface area contributed by atoms with Gasteiger partial charge in [-0.05, 0) is 26.9 Å². The van der Waals surface area contributed by atoms with Crippen LogP contribution in [-0.2, 0) is 5.41 Å². The summed E-state index contributed by atoms with van der Waals surface area (Å²) in [5.41, 5.74) is 0.747. The van der Waals surface area contributed by atoms with Crippen LogP contribution in [0.15, 0.2) is 9.85 Å². The predicted molar refractivity (Wildman–Crippen MR) is 57.7 cm³/mol. The molecule has 0 aliphatic carbocycles. The SMILES string of the molecule is CC(C)(C)c1c(Br)csc1C(=O)O. The molecular formula is C9H11BrO2S. The molecule has 0 unspecified atom stereocenters. The molecule has 13 heavy (non-hydrogen) atoms. The van der Waals surface area contributed by atoms with Gasteiger partial charge in [0.15, 0.2) is 0 Å². The zero-order valence-electron chi connectivity index (χ0n) is 7.72. The van der Waals surface area contributed by atoms with E-state index in [0.717, 1.165) is 10.0 Å². The maximum absolute atomic E-state index is 10.9. The van der Waals surface area contributed by atoms with Crippen LogP contribution in [0.5, 0.6) is 0 Å². The van der Waals surface area contributed by atoms with E-state index in [4.69, 9.17) is 5.11 Å². The molecule has 0 fully saturated rings. The first-order valence-corrected chi connectivity index (χ1v) is 5.52. The summed E-state index contributed by atoms with van der Waals surface area (Å²) in [6.07, 6.45) is 0. The van der Waals surface area contributed by atoms with Crippen molar-refractivity contribution in [3.8, 4) is 0 Å². The zero-order valence-corrected chi connectivity index (χ0v) is 10.1. The Labute approximate surface area is 89.7 Å². The fourth-order valence-corrected chi connectivity index (χ4v) is 3.37. The Morgan fingerprint density at radius 1 is 1.54 bits per heavy atom. The van der Waals surface area contributed by atoms with Gasteiger partial charge in [-0.3, -0.25) is 0 Å². The van der Waals surface area contributed by atoms with E-state index in [1.54, 1.807) is 0 Å². The molecule has 1 N–H and O–H groups in total. The zero-order chi connectivity index (χ0) is 10.2. The first kappa shape index (κ1) is 10.7. The van der Waals surface area contributed by atoms with Crippen molar-refractivity contribution < 1.29 is 9.90 Å². The Balaban J connectivity index is 3.33. The average Bonchev–Trinajstić information content (AvgIpc) is 2.28.